The van der Waals surface area contributed by atoms with Crippen molar-refractivity contribution >= 4 is 11.6 Å². The number of nitrogens with one attached hydrogen (secondary N) is 1. The zero-order valence-corrected chi connectivity index (χ0v) is 10.7. The van der Waals surface area contributed by atoms with Crippen molar-refractivity contribution in [1.82, 2.24) is 5.32 Å². The van der Waals surface area contributed by atoms with Gasteiger partial charge < -0.3 is 15.8 Å². The van der Waals surface area contributed by atoms with Gasteiger partial charge in [-0.25, -0.2) is 0 Å². The Bertz CT molecular complexity index is 463. The first-order valence-corrected chi connectivity index (χ1v) is 5.91. The topological polar surface area (TPSA) is 64.3 Å². The number of hydrogen-bond donors (Lipinski definition) is 2. The zero-order chi connectivity index (χ0) is 13.5. The number of ether oxygens (including phenoxy) is 1. The Hall–Kier alpha value is -2.15. The van der Waals surface area contributed by atoms with Crippen molar-refractivity contribution in [3.8, 4) is 18.1 Å². The van der Waals surface area contributed by atoms with E-state index in [1.165, 1.54) is 0 Å². The van der Waals surface area contributed by atoms with E-state index in [9.17, 15) is 4.79 Å². The lowest BCUT2D eigenvalue weighted by Crippen LogP contribution is -2.33. The maximum Gasteiger partial charge on any atom is 0.252 e. The molecule has 1 amide bonds. The highest BCUT2D eigenvalue weighted by molar-refractivity contribution is 5.95. The number of benzene rings is 1. The molecule has 96 valence electrons. The van der Waals surface area contributed by atoms with E-state index >= 15 is 0 Å². The predicted molar refractivity (Wildman–Crippen MR) is 72.4 cm³/mol. The van der Waals surface area contributed by atoms with Crippen molar-refractivity contribution < 1.29 is 9.53 Å². The van der Waals surface area contributed by atoms with Gasteiger partial charge in [0.1, 0.15) is 5.75 Å². The summed E-state index contributed by atoms with van der Waals surface area (Å²) in [4.78, 5) is 11.9. The monoisotopic (exact) mass is 246 g/mol. The lowest BCUT2D eigenvalue weighted by atomic mass is 10.1. The molecular weight excluding hydrogens is 228 g/mol. The van der Waals surface area contributed by atoms with Crippen LogP contribution in [0.2, 0.25) is 0 Å². The highest BCUT2D eigenvalue weighted by Gasteiger charge is 2.11. The first-order chi connectivity index (χ1) is 8.62. The number of amides is 1. The molecule has 1 atom stereocenters. The number of carbonyl (C=O) groups is 1. The van der Waals surface area contributed by atoms with Gasteiger partial charge in [-0.2, -0.15) is 0 Å². The number of carbonyl (C=O) groups excluding carboxylic acids is 1. The van der Waals surface area contributed by atoms with E-state index in [-0.39, 0.29) is 11.9 Å². The molecule has 1 aromatic carbocycles. The molecule has 0 heterocycles. The Balaban J connectivity index is 2.82. The van der Waals surface area contributed by atoms with Crippen molar-refractivity contribution in [2.75, 3.05) is 12.3 Å². The fourth-order valence-electron chi connectivity index (χ4n) is 1.48. The quantitative estimate of drug-likeness (QED) is 0.615. The van der Waals surface area contributed by atoms with Crippen LogP contribution in [0.1, 0.15) is 30.6 Å². The molecule has 0 aliphatic rings. The van der Waals surface area contributed by atoms with Gasteiger partial charge in [-0.3, -0.25) is 4.79 Å². The SMILES string of the molecule is C#CC(CC)NC(=O)c1ccc(OCC)c(N)c1. The summed E-state index contributed by atoms with van der Waals surface area (Å²) in [6, 6.07) is 4.68. The maximum absolute atomic E-state index is 11.9. The zero-order valence-electron chi connectivity index (χ0n) is 10.7. The molecule has 0 radical (unpaired) electrons. The molecule has 0 saturated heterocycles. The lowest BCUT2D eigenvalue weighted by molar-refractivity contribution is 0.0945. The lowest BCUT2D eigenvalue weighted by Gasteiger charge is -2.12. The summed E-state index contributed by atoms with van der Waals surface area (Å²) in [7, 11) is 0. The fourth-order valence-corrected chi connectivity index (χ4v) is 1.48. The molecule has 0 bridgehead atoms. The Labute approximate surface area is 108 Å². The first-order valence-electron chi connectivity index (χ1n) is 5.91. The van der Waals surface area contributed by atoms with E-state index in [4.69, 9.17) is 16.9 Å². The number of terminal acetylenes is 1. The summed E-state index contributed by atoms with van der Waals surface area (Å²) >= 11 is 0. The van der Waals surface area contributed by atoms with Crippen molar-refractivity contribution in [3.05, 3.63) is 23.8 Å². The molecule has 1 unspecified atom stereocenters. The minimum absolute atomic E-state index is 0.227. The third-order valence-corrected chi connectivity index (χ3v) is 2.49. The van der Waals surface area contributed by atoms with E-state index < -0.39 is 0 Å². The van der Waals surface area contributed by atoms with Crippen LogP contribution in [0.15, 0.2) is 18.2 Å². The number of nitrogens with two attached hydrogens (primary N) is 1. The average molecular weight is 246 g/mol. The van der Waals surface area contributed by atoms with E-state index in [1.54, 1.807) is 18.2 Å². The van der Waals surface area contributed by atoms with Gasteiger partial charge in [0.2, 0.25) is 0 Å². The van der Waals surface area contributed by atoms with E-state index in [0.29, 0.717) is 30.0 Å². The molecule has 4 nitrogen and oxygen atoms in total. The van der Waals surface area contributed by atoms with Gasteiger partial charge in [-0.05, 0) is 31.5 Å². The van der Waals surface area contributed by atoms with Crippen LogP contribution in [0, 0.1) is 12.3 Å². The van der Waals surface area contributed by atoms with Gasteiger partial charge in [-0.15, -0.1) is 6.42 Å². The van der Waals surface area contributed by atoms with Crippen molar-refractivity contribution in [3.63, 3.8) is 0 Å². The summed E-state index contributed by atoms with van der Waals surface area (Å²) in [6.45, 7) is 4.32. The molecule has 4 heteroatoms. The minimum Gasteiger partial charge on any atom is -0.492 e. The summed E-state index contributed by atoms with van der Waals surface area (Å²) in [5, 5.41) is 2.74. The summed E-state index contributed by atoms with van der Waals surface area (Å²) in [6.07, 6.45) is 5.98. The maximum atomic E-state index is 11.9. The first kappa shape index (κ1) is 13.9. The van der Waals surface area contributed by atoms with Crippen molar-refractivity contribution in [1.29, 1.82) is 0 Å². The molecule has 0 spiro atoms. The van der Waals surface area contributed by atoms with Gasteiger partial charge >= 0.3 is 0 Å². The molecule has 0 aromatic heterocycles. The summed E-state index contributed by atoms with van der Waals surface area (Å²) < 4.78 is 5.31. The molecule has 1 rings (SSSR count). The van der Waals surface area contributed by atoms with E-state index in [0.717, 1.165) is 0 Å². The van der Waals surface area contributed by atoms with Crippen LogP contribution in [0.25, 0.3) is 0 Å². The van der Waals surface area contributed by atoms with Gasteiger partial charge in [0.05, 0.1) is 18.3 Å². The van der Waals surface area contributed by atoms with Crippen LogP contribution in [-0.4, -0.2) is 18.6 Å². The van der Waals surface area contributed by atoms with Gasteiger partial charge in [-0.1, -0.05) is 12.8 Å². The van der Waals surface area contributed by atoms with E-state index in [1.807, 2.05) is 13.8 Å². The number of hydrogen-bond acceptors (Lipinski definition) is 3. The summed E-state index contributed by atoms with van der Waals surface area (Å²) in [5.74, 6) is 2.87. The molecule has 18 heavy (non-hydrogen) atoms. The third-order valence-electron chi connectivity index (χ3n) is 2.49. The molecule has 0 aliphatic carbocycles. The van der Waals surface area contributed by atoms with Gasteiger partial charge in [0.25, 0.3) is 5.91 Å². The average Bonchev–Trinajstić information content (AvgIpc) is 2.38. The van der Waals surface area contributed by atoms with Crippen molar-refractivity contribution in [2.45, 2.75) is 26.3 Å². The molecule has 0 aliphatic heterocycles. The Morgan fingerprint density at radius 3 is 2.78 bits per heavy atom. The normalized spacial score (nSPS) is 11.4. The summed E-state index contributed by atoms with van der Waals surface area (Å²) in [5.41, 5.74) is 6.72. The molecule has 0 fully saturated rings. The van der Waals surface area contributed by atoms with Crippen LogP contribution >= 0.6 is 0 Å². The Kier molecular flexibility index (Phi) is 5.06. The van der Waals surface area contributed by atoms with Crippen LogP contribution in [-0.2, 0) is 0 Å². The Morgan fingerprint density at radius 2 is 2.28 bits per heavy atom. The fraction of sp³-hybridized carbons (Fsp3) is 0.357. The largest absolute Gasteiger partial charge is 0.492 e. The number of rotatable bonds is 5. The predicted octanol–water partition coefficient (Wildman–Crippen LogP) is 1.81. The van der Waals surface area contributed by atoms with Crippen LogP contribution in [0.3, 0.4) is 0 Å². The molecule has 1 aromatic rings. The smallest absolute Gasteiger partial charge is 0.252 e. The highest BCUT2D eigenvalue weighted by atomic mass is 16.5. The van der Waals surface area contributed by atoms with Crippen molar-refractivity contribution in [2.24, 2.45) is 0 Å². The molecule has 3 N–H and O–H groups in total. The van der Waals surface area contributed by atoms with Gasteiger partial charge in [0, 0.05) is 5.56 Å². The minimum atomic E-state index is -0.259. The highest BCUT2D eigenvalue weighted by Crippen LogP contribution is 2.22. The Morgan fingerprint density at radius 1 is 1.56 bits per heavy atom. The molecular formula is C14H18N2O2. The van der Waals surface area contributed by atoms with Crippen LogP contribution in [0.4, 0.5) is 5.69 Å². The number of anilines is 1. The standard InChI is InChI=1S/C14H18N2O2/c1-4-11(5-2)16-14(17)10-7-8-13(18-6-3)12(15)9-10/h1,7-9,11H,5-6,15H2,2-3H3,(H,16,17). The van der Waals surface area contributed by atoms with Gasteiger partial charge in [0.15, 0.2) is 0 Å². The third kappa shape index (κ3) is 3.42. The second kappa shape index (κ2) is 6.55. The second-order valence-corrected chi connectivity index (χ2v) is 3.79. The van der Waals surface area contributed by atoms with Crippen LogP contribution < -0.4 is 15.8 Å². The molecule has 0 saturated carbocycles. The van der Waals surface area contributed by atoms with E-state index in [2.05, 4.69) is 11.2 Å². The van der Waals surface area contributed by atoms with Crippen LogP contribution in [0.5, 0.6) is 5.75 Å². The number of nitrogen functional groups attached to an aromatic ring is 1. The second-order valence-electron chi connectivity index (χ2n) is 3.79.